The molecule has 5 nitrogen and oxygen atoms in total. The second-order valence-electron chi connectivity index (χ2n) is 4.55. The molecule has 1 amide bonds. The number of ether oxygens (including phenoxy) is 1. The number of carbonyl (C=O) groups excluding carboxylic acids is 2. The van der Waals surface area contributed by atoms with Crippen molar-refractivity contribution < 1.29 is 14.3 Å². The zero-order valence-corrected chi connectivity index (χ0v) is 12.2. The summed E-state index contributed by atoms with van der Waals surface area (Å²) in [6.45, 7) is 1.39. The van der Waals surface area contributed by atoms with Crippen LogP contribution >= 0.6 is 0 Å². The summed E-state index contributed by atoms with van der Waals surface area (Å²) in [5, 5.41) is 2.49. The van der Waals surface area contributed by atoms with E-state index in [-0.39, 0.29) is 18.2 Å². The molecule has 112 valence electrons. The third kappa shape index (κ3) is 4.86. The van der Waals surface area contributed by atoms with Gasteiger partial charge in [-0.15, -0.1) is 0 Å². The zero-order chi connectivity index (χ0) is 15.8. The Balaban J connectivity index is 2.09. The van der Waals surface area contributed by atoms with E-state index in [1.54, 1.807) is 24.4 Å². The highest BCUT2D eigenvalue weighted by Gasteiger charge is 2.13. The molecule has 1 N–H and O–H groups in total. The van der Waals surface area contributed by atoms with Crippen molar-refractivity contribution >= 4 is 18.0 Å². The fourth-order valence-electron chi connectivity index (χ4n) is 1.75. The minimum Gasteiger partial charge on any atom is -0.455 e. The summed E-state index contributed by atoms with van der Waals surface area (Å²) in [6, 6.07) is 14.6. The molecule has 5 heteroatoms. The van der Waals surface area contributed by atoms with Gasteiger partial charge >= 0.3 is 5.97 Å². The molecular formula is C17H16N2O3. The van der Waals surface area contributed by atoms with Gasteiger partial charge in [0.2, 0.25) is 5.91 Å². The van der Waals surface area contributed by atoms with Crippen LogP contribution in [0.25, 0.3) is 6.08 Å². The van der Waals surface area contributed by atoms with Gasteiger partial charge in [-0.05, 0) is 23.8 Å². The molecule has 1 heterocycles. The second kappa shape index (κ2) is 7.73. The minimum atomic E-state index is -0.607. The third-order valence-corrected chi connectivity index (χ3v) is 2.72. The second-order valence-corrected chi connectivity index (χ2v) is 4.55. The number of carbonyl (C=O) groups is 2. The van der Waals surface area contributed by atoms with Crippen LogP contribution in [0.5, 0.6) is 0 Å². The first-order chi connectivity index (χ1) is 10.6. The van der Waals surface area contributed by atoms with Crippen LogP contribution in [0.4, 0.5) is 0 Å². The number of hydrogen-bond acceptors (Lipinski definition) is 4. The Labute approximate surface area is 128 Å². The van der Waals surface area contributed by atoms with Gasteiger partial charge in [-0.3, -0.25) is 9.78 Å². The lowest BCUT2D eigenvalue weighted by molar-refractivity contribution is -0.141. The molecule has 0 atom stereocenters. The summed E-state index contributed by atoms with van der Waals surface area (Å²) in [5.41, 5.74) is 1.52. The number of esters is 1. The summed E-state index contributed by atoms with van der Waals surface area (Å²) in [6.07, 6.45) is 3.19. The molecule has 1 aromatic heterocycles. The van der Waals surface area contributed by atoms with E-state index in [0.29, 0.717) is 5.69 Å². The van der Waals surface area contributed by atoms with E-state index >= 15 is 0 Å². The van der Waals surface area contributed by atoms with Crippen LogP contribution in [-0.4, -0.2) is 16.9 Å². The van der Waals surface area contributed by atoms with E-state index in [1.807, 2.05) is 36.4 Å². The molecular weight excluding hydrogens is 280 g/mol. The number of benzene rings is 1. The van der Waals surface area contributed by atoms with Crippen LogP contribution in [0.1, 0.15) is 18.2 Å². The molecule has 0 bridgehead atoms. The molecule has 0 unspecified atom stereocenters. The van der Waals surface area contributed by atoms with E-state index in [9.17, 15) is 9.59 Å². The van der Waals surface area contributed by atoms with Gasteiger partial charge in [-0.2, -0.15) is 0 Å². The maximum atomic E-state index is 12.1. The molecule has 0 aliphatic rings. The first kappa shape index (κ1) is 15.4. The van der Waals surface area contributed by atoms with Crippen molar-refractivity contribution in [2.45, 2.75) is 13.5 Å². The Morgan fingerprint density at radius 2 is 1.86 bits per heavy atom. The van der Waals surface area contributed by atoms with Crippen LogP contribution in [0.2, 0.25) is 0 Å². The van der Waals surface area contributed by atoms with E-state index in [1.165, 1.54) is 6.92 Å². The Bertz CT molecular complexity index is 667. The van der Waals surface area contributed by atoms with Crippen molar-refractivity contribution in [3.63, 3.8) is 0 Å². The smallest absolute Gasteiger partial charge is 0.355 e. The lowest BCUT2D eigenvalue weighted by Crippen LogP contribution is -2.26. The lowest BCUT2D eigenvalue weighted by atomic mass is 10.2. The van der Waals surface area contributed by atoms with E-state index in [4.69, 9.17) is 4.74 Å². The van der Waals surface area contributed by atoms with Crippen molar-refractivity contribution in [3.8, 4) is 0 Å². The molecule has 2 rings (SSSR count). The van der Waals surface area contributed by atoms with E-state index in [2.05, 4.69) is 10.3 Å². The fourth-order valence-corrected chi connectivity index (χ4v) is 1.75. The third-order valence-electron chi connectivity index (χ3n) is 2.72. The van der Waals surface area contributed by atoms with Crippen LogP contribution in [0.3, 0.4) is 0 Å². The molecule has 0 aliphatic carbocycles. The number of rotatable bonds is 5. The number of aromatic nitrogens is 1. The highest BCUT2D eigenvalue weighted by molar-refractivity contribution is 5.97. The molecule has 0 spiro atoms. The average Bonchev–Trinajstić information content (AvgIpc) is 2.53. The van der Waals surface area contributed by atoms with Gasteiger partial charge in [0, 0.05) is 13.1 Å². The Morgan fingerprint density at radius 3 is 2.50 bits per heavy atom. The maximum absolute atomic E-state index is 12.1. The Hall–Kier alpha value is -2.95. The van der Waals surface area contributed by atoms with Gasteiger partial charge < -0.3 is 10.1 Å². The number of nitrogens with one attached hydrogen (secondary N) is 1. The van der Waals surface area contributed by atoms with E-state index in [0.717, 1.165) is 5.56 Å². The topological polar surface area (TPSA) is 68.3 Å². The molecule has 0 radical (unpaired) electrons. The lowest BCUT2D eigenvalue weighted by Gasteiger charge is -2.08. The van der Waals surface area contributed by atoms with Gasteiger partial charge in [-0.1, -0.05) is 36.4 Å². The summed E-state index contributed by atoms with van der Waals surface area (Å²) >= 11 is 0. The highest BCUT2D eigenvalue weighted by atomic mass is 16.5. The van der Waals surface area contributed by atoms with Crippen LogP contribution in [0.15, 0.2) is 60.4 Å². The predicted octanol–water partition coefficient (Wildman–Crippen LogP) is 2.30. The van der Waals surface area contributed by atoms with Gasteiger partial charge in [0.15, 0.2) is 0 Å². The Morgan fingerprint density at radius 1 is 1.14 bits per heavy atom. The van der Waals surface area contributed by atoms with Crippen molar-refractivity contribution in [3.05, 3.63) is 71.7 Å². The normalized spacial score (nSPS) is 10.9. The van der Waals surface area contributed by atoms with Crippen molar-refractivity contribution in [2.75, 3.05) is 0 Å². The number of nitrogens with zero attached hydrogens (tertiary/aromatic N) is 1. The number of hydrogen-bond donors (Lipinski definition) is 1. The molecule has 0 fully saturated rings. The molecule has 1 aromatic carbocycles. The monoisotopic (exact) mass is 296 g/mol. The van der Waals surface area contributed by atoms with Crippen LogP contribution in [0, 0.1) is 0 Å². The van der Waals surface area contributed by atoms with Crippen LogP contribution < -0.4 is 5.32 Å². The largest absolute Gasteiger partial charge is 0.455 e. The first-order valence-corrected chi connectivity index (χ1v) is 6.76. The van der Waals surface area contributed by atoms with Gasteiger partial charge in [-0.25, -0.2) is 4.79 Å². The van der Waals surface area contributed by atoms with Crippen molar-refractivity contribution in [1.29, 1.82) is 0 Å². The van der Waals surface area contributed by atoms with Crippen molar-refractivity contribution in [1.82, 2.24) is 10.3 Å². The predicted molar refractivity (Wildman–Crippen MR) is 82.3 cm³/mol. The summed E-state index contributed by atoms with van der Waals surface area (Å²) in [4.78, 5) is 27.4. The summed E-state index contributed by atoms with van der Waals surface area (Å²) < 4.78 is 5.18. The fraction of sp³-hybridized carbons (Fsp3) is 0.118. The minimum absolute atomic E-state index is 0.0470. The average molecular weight is 296 g/mol. The van der Waals surface area contributed by atoms with Crippen LogP contribution in [-0.2, 0) is 20.9 Å². The molecule has 0 saturated carbocycles. The maximum Gasteiger partial charge on any atom is 0.355 e. The summed E-state index contributed by atoms with van der Waals surface area (Å²) in [5.74, 6) is -0.943. The highest BCUT2D eigenvalue weighted by Crippen LogP contribution is 2.07. The standard InChI is InChI=1S/C17H16N2O3/c1-13(20)19-16(11-14-7-3-2-4-8-14)17(21)22-12-15-9-5-6-10-18-15/h2-11H,12H2,1H3,(H,19,20)/b16-11-. The van der Waals surface area contributed by atoms with Gasteiger partial charge in [0.25, 0.3) is 0 Å². The first-order valence-electron chi connectivity index (χ1n) is 6.76. The van der Waals surface area contributed by atoms with Gasteiger partial charge in [0.05, 0.1) is 5.69 Å². The van der Waals surface area contributed by atoms with E-state index < -0.39 is 5.97 Å². The Kier molecular flexibility index (Phi) is 5.43. The SMILES string of the molecule is CC(=O)N/C(=C\c1ccccc1)C(=O)OCc1ccccn1. The molecule has 0 aliphatic heterocycles. The quantitative estimate of drug-likeness (QED) is 0.679. The molecule has 22 heavy (non-hydrogen) atoms. The van der Waals surface area contributed by atoms with Crippen molar-refractivity contribution in [2.24, 2.45) is 0 Å². The van der Waals surface area contributed by atoms with Gasteiger partial charge in [0.1, 0.15) is 12.3 Å². The zero-order valence-electron chi connectivity index (χ0n) is 12.2. The summed E-state index contributed by atoms with van der Waals surface area (Å²) in [7, 11) is 0. The number of amides is 1. The number of pyridine rings is 1. The molecule has 2 aromatic rings. The molecule has 0 saturated heterocycles.